The third-order valence-corrected chi connectivity index (χ3v) is 4.34. The van der Waals surface area contributed by atoms with Gasteiger partial charge in [0.25, 0.3) is 0 Å². The Labute approximate surface area is 206 Å². The van der Waals surface area contributed by atoms with Gasteiger partial charge in [0.1, 0.15) is 5.75 Å². The first-order valence-corrected chi connectivity index (χ1v) is 8.96. The van der Waals surface area contributed by atoms with Crippen LogP contribution >= 0.6 is 0 Å². The number of aryl methyl sites for hydroxylation is 2. The van der Waals surface area contributed by atoms with Gasteiger partial charge in [0.15, 0.2) is 0 Å². The third kappa shape index (κ3) is 9.02. The van der Waals surface area contributed by atoms with Crippen LogP contribution in [-0.2, 0) is 6.42 Å². The van der Waals surface area contributed by atoms with Crippen molar-refractivity contribution in [3.8, 4) is 5.75 Å². The summed E-state index contributed by atoms with van der Waals surface area (Å²) < 4.78 is 5.87. The van der Waals surface area contributed by atoms with Crippen molar-refractivity contribution in [3.05, 3.63) is 53.2 Å². The van der Waals surface area contributed by atoms with Gasteiger partial charge < -0.3 is 20.1 Å². The molecule has 0 amide bonds. The molecular weight excluding hydrogens is 365 g/mol. The zero-order valence-corrected chi connectivity index (χ0v) is 19.5. The van der Waals surface area contributed by atoms with Gasteiger partial charge in [-0.1, -0.05) is 58.0 Å². The van der Waals surface area contributed by atoms with Crippen molar-refractivity contribution in [1.29, 1.82) is 0 Å². The van der Waals surface area contributed by atoms with Gasteiger partial charge in [-0.15, -0.1) is 0 Å². The summed E-state index contributed by atoms with van der Waals surface area (Å²) >= 11 is 0. The van der Waals surface area contributed by atoms with Crippen LogP contribution in [0, 0.1) is 12.8 Å². The monoisotopic (exact) mass is 397 g/mol. The van der Waals surface area contributed by atoms with E-state index in [4.69, 9.17) is 4.74 Å². The quantitative estimate of drug-likeness (QED) is 0.491. The number of hydrogen-bond donors (Lipinski definition) is 1. The van der Waals surface area contributed by atoms with Crippen LogP contribution in [0.25, 0.3) is 5.32 Å². The van der Waals surface area contributed by atoms with Crippen LogP contribution in [0.1, 0.15) is 45.5 Å². The Morgan fingerprint density at radius 1 is 1.22 bits per heavy atom. The molecule has 0 aliphatic carbocycles. The molecule has 5 nitrogen and oxygen atoms in total. The summed E-state index contributed by atoms with van der Waals surface area (Å²) in [6.07, 6.45) is 4.50. The molecule has 0 aliphatic rings. The maximum absolute atomic E-state index is 9.61. The fourth-order valence-corrected chi connectivity index (χ4v) is 2.52. The van der Waals surface area contributed by atoms with Crippen LogP contribution in [0.2, 0.25) is 0 Å². The molecule has 2 aromatic rings. The number of rotatable bonds is 10. The molecule has 1 N–H and O–H groups in total. The van der Waals surface area contributed by atoms with Gasteiger partial charge >= 0.3 is 51.4 Å². The van der Waals surface area contributed by atoms with Crippen molar-refractivity contribution in [2.24, 2.45) is 5.92 Å². The zero-order chi connectivity index (χ0) is 18.1. The Morgan fingerprint density at radius 3 is 2.56 bits per heavy atom. The molecule has 0 saturated heterocycles. The topological polar surface area (TPSA) is 69.3 Å². The normalized spacial score (nSPS) is 12.3. The second kappa shape index (κ2) is 14.5. The summed E-state index contributed by atoms with van der Waals surface area (Å²) in [6.45, 7) is 6.59. The molecule has 0 aliphatic heterocycles. The first-order valence-electron chi connectivity index (χ1n) is 8.96. The zero-order valence-electron chi connectivity index (χ0n) is 16.4. The molecule has 0 bridgehead atoms. The van der Waals surface area contributed by atoms with Crippen molar-refractivity contribution in [1.82, 2.24) is 9.97 Å². The van der Waals surface area contributed by atoms with Crippen LogP contribution in [0.4, 0.5) is 5.82 Å². The Balaban J connectivity index is 0.00000338. The molecule has 1 aromatic heterocycles. The number of benzene rings is 1. The van der Waals surface area contributed by atoms with Crippen LogP contribution in [-0.4, -0.2) is 34.3 Å². The Morgan fingerprint density at radius 2 is 1.93 bits per heavy atom. The van der Waals surface area contributed by atoms with Gasteiger partial charge in [-0.25, -0.2) is 0 Å². The first kappa shape index (κ1) is 26.5. The Bertz CT molecular complexity index is 641. The molecule has 144 valence electrons. The molecule has 0 fully saturated rings. The van der Waals surface area contributed by atoms with Crippen molar-refractivity contribution < 1.29 is 61.2 Å². The van der Waals surface area contributed by atoms with E-state index >= 15 is 0 Å². The van der Waals surface area contributed by atoms with E-state index in [-0.39, 0.29) is 77.4 Å². The van der Waals surface area contributed by atoms with E-state index in [2.05, 4.69) is 41.3 Å². The molecule has 0 radical (unpaired) electrons. The first-order chi connectivity index (χ1) is 12.1. The van der Waals surface area contributed by atoms with E-state index in [0.717, 1.165) is 19.3 Å². The maximum atomic E-state index is 9.61. The molecule has 6 heteroatoms. The molecule has 0 spiro atoms. The van der Waals surface area contributed by atoms with E-state index < -0.39 is 0 Å². The number of nitrogens with zero attached hydrogens (tertiary/aromatic N) is 3. The fourth-order valence-electron chi connectivity index (χ4n) is 2.52. The summed E-state index contributed by atoms with van der Waals surface area (Å²) in [5.74, 6) is 2.05. The van der Waals surface area contributed by atoms with E-state index in [0.29, 0.717) is 24.0 Å². The van der Waals surface area contributed by atoms with E-state index in [1.807, 2.05) is 25.1 Å². The smallest absolute Gasteiger partial charge is 0.492 e. The van der Waals surface area contributed by atoms with Crippen molar-refractivity contribution in [2.75, 3.05) is 13.2 Å². The van der Waals surface area contributed by atoms with Crippen LogP contribution < -0.4 is 56.1 Å². The number of aliphatic hydroxyl groups is 1. The summed E-state index contributed by atoms with van der Waals surface area (Å²) in [7, 11) is 0. The van der Waals surface area contributed by atoms with E-state index in [9.17, 15) is 5.11 Å². The molecule has 1 unspecified atom stereocenters. The van der Waals surface area contributed by atoms with E-state index in [1.165, 1.54) is 5.56 Å². The Hall–Kier alpha value is -0.504. The number of aromatic nitrogens is 2. The molecule has 2 rings (SSSR count). The minimum Gasteiger partial charge on any atom is -0.492 e. The standard InChI is InChI=1S/C20H28N3O2.CH4.K/c1-4-15(2)18(14-24)23-20-19(13-21-16(3)22-20)25-12-8-11-17-9-6-5-7-10-17;;/h5-7,9-10,13,15,18,24H,4,8,11-12,14H2,1-3H3;1H4;/q-1;;+1/t15-,18?;;/m1../s1. The average molecular weight is 398 g/mol. The summed E-state index contributed by atoms with van der Waals surface area (Å²) in [5, 5.41) is 14.2. The third-order valence-electron chi connectivity index (χ3n) is 4.34. The predicted octanol–water partition coefficient (Wildman–Crippen LogP) is 1.85. The van der Waals surface area contributed by atoms with Gasteiger partial charge in [0.05, 0.1) is 12.8 Å². The molecule has 1 heterocycles. The molecule has 1 aromatic carbocycles. The van der Waals surface area contributed by atoms with Crippen molar-refractivity contribution in [3.63, 3.8) is 0 Å². The second-order valence-corrected chi connectivity index (χ2v) is 6.31. The minimum atomic E-state index is -0.175. The maximum Gasteiger partial charge on any atom is 1.00 e. The van der Waals surface area contributed by atoms with Gasteiger partial charge in [0.2, 0.25) is 0 Å². The largest absolute Gasteiger partial charge is 1.00 e. The van der Waals surface area contributed by atoms with Crippen LogP contribution in [0.3, 0.4) is 0 Å². The van der Waals surface area contributed by atoms with Crippen molar-refractivity contribution in [2.45, 2.75) is 53.5 Å². The number of ether oxygens (including phenoxy) is 1. The molecule has 0 saturated carbocycles. The second-order valence-electron chi connectivity index (χ2n) is 6.31. The van der Waals surface area contributed by atoms with Gasteiger partial charge in [-0.2, -0.15) is 0 Å². The van der Waals surface area contributed by atoms with Gasteiger partial charge in [0, 0.05) is 12.4 Å². The minimum absolute atomic E-state index is 0. The van der Waals surface area contributed by atoms with Gasteiger partial charge in [-0.05, 0) is 43.1 Å². The fraction of sp³-hybridized carbons (Fsp3) is 0.524. The predicted molar refractivity (Wildman–Crippen MR) is 107 cm³/mol. The summed E-state index contributed by atoms with van der Waals surface area (Å²) in [4.78, 5) is 8.62. The van der Waals surface area contributed by atoms with Crippen LogP contribution in [0.5, 0.6) is 5.75 Å². The number of aliphatic hydroxyl groups excluding tert-OH is 1. The average Bonchev–Trinajstić information content (AvgIpc) is 2.64. The van der Waals surface area contributed by atoms with Gasteiger partial charge in [-0.3, -0.25) is 4.98 Å². The van der Waals surface area contributed by atoms with Crippen LogP contribution in [0.15, 0.2) is 36.5 Å². The Kier molecular flexibility index (Phi) is 14.2. The summed E-state index contributed by atoms with van der Waals surface area (Å²) in [5.41, 5.74) is 1.30. The SMILES string of the molecule is C.CC[C@@H](C)C(CO)[N-]c1nc(C)ncc1OCCCc1ccccc1.[K+]. The van der Waals surface area contributed by atoms with Crippen molar-refractivity contribution >= 4 is 5.82 Å². The molecular formula is C21H32KN3O2. The molecule has 2 atom stereocenters. The van der Waals surface area contributed by atoms with E-state index in [1.54, 1.807) is 6.20 Å². The molecule has 27 heavy (non-hydrogen) atoms. The summed E-state index contributed by atoms with van der Waals surface area (Å²) in [6, 6.07) is 10.2. The number of hydrogen-bond acceptors (Lipinski definition) is 4.